The Hall–Kier alpha value is -2.08. The number of benzene rings is 1. The summed E-state index contributed by atoms with van der Waals surface area (Å²) < 4.78 is 0. The third kappa shape index (κ3) is 3.87. The number of carbonyl (C=O) groups excluding carboxylic acids is 2. The zero-order chi connectivity index (χ0) is 17.0. The van der Waals surface area contributed by atoms with Crippen LogP contribution in [0, 0.1) is 0 Å². The molecule has 6 nitrogen and oxygen atoms in total. The zero-order valence-electron chi connectivity index (χ0n) is 13.8. The van der Waals surface area contributed by atoms with E-state index in [0.717, 1.165) is 37.8 Å². The Labute approximate surface area is 142 Å². The summed E-state index contributed by atoms with van der Waals surface area (Å²) >= 11 is 0. The van der Waals surface area contributed by atoms with E-state index in [9.17, 15) is 14.7 Å². The van der Waals surface area contributed by atoms with E-state index in [4.69, 9.17) is 0 Å². The summed E-state index contributed by atoms with van der Waals surface area (Å²) in [5, 5.41) is 15.9. The molecule has 1 aromatic carbocycles. The molecule has 1 saturated carbocycles. The number of carbonyl (C=O) groups is 2. The molecule has 0 bridgehead atoms. The van der Waals surface area contributed by atoms with Gasteiger partial charge < -0.3 is 20.6 Å². The fourth-order valence-corrected chi connectivity index (χ4v) is 3.52. The van der Waals surface area contributed by atoms with E-state index in [1.807, 2.05) is 30.3 Å². The Morgan fingerprint density at radius 3 is 2.62 bits per heavy atom. The minimum atomic E-state index is -0.800. The van der Waals surface area contributed by atoms with Crippen molar-refractivity contribution in [2.45, 2.75) is 50.2 Å². The molecule has 1 aromatic rings. The Balaban J connectivity index is 1.49. The first-order chi connectivity index (χ1) is 11.6. The van der Waals surface area contributed by atoms with Crippen molar-refractivity contribution in [3.63, 3.8) is 0 Å². The van der Waals surface area contributed by atoms with Gasteiger partial charge in [-0.05, 0) is 31.4 Å². The molecule has 2 fully saturated rings. The Bertz CT molecular complexity index is 584. The van der Waals surface area contributed by atoms with Gasteiger partial charge in [0.25, 0.3) is 0 Å². The lowest BCUT2D eigenvalue weighted by molar-refractivity contribution is -0.118. The lowest BCUT2D eigenvalue weighted by Gasteiger charge is -2.32. The maximum atomic E-state index is 12.4. The Morgan fingerprint density at radius 1 is 1.21 bits per heavy atom. The van der Waals surface area contributed by atoms with Crippen LogP contribution in [0.5, 0.6) is 0 Å². The molecular formula is C18H25N3O3. The third-order valence-electron chi connectivity index (χ3n) is 4.94. The van der Waals surface area contributed by atoms with Crippen molar-refractivity contribution < 1.29 is 14.7 Å². The molecule has 0 radical (unpaired) electrons. The van der Waals surface area contributed by atoms with Gasteiger partial charge in [0.15, 0.2) is 0 Å². The Morgan fingerprint density at radius 2 is 1.92 bits per heavy atom. The van der Waals surface area contributed by atoms with Gasteiger partial charge in [-0.1, -0.05) is 37.5 Å². The van der Waals surface area contributed by atoms with Crippen molar-refractivity contribution in [1.82, 2.24) is 10.6 Å². The second kappa shape index (κ2) is 7.21. The van der Waals surface area contributed by atoms with Crippen LogP contribution in [0.4, 0.5) is 10.5 Å². The molecule has 130 valence electrons. The second-order valence-corrected chi connectivity index (χ2v) is 6.78. The van der Waals surface area contributed by atoms with Gasteiger partial charge in [0.1, 0.15) is 6.04 Å². The van der Waals surface area contributed by atoms with Crippen molar-refractivity contribution in [2.75, 3.05) is 18.0 Å². The third-order valence-corrected chi connectivity index (χ3v) is 4.94. The summed E-state index contributed by atoms with van der Waals surface area (Å²) in [5.41, 5.74) is 0.0504. The summed E-state index contributed by atoms with van der Waals surface area (Å²) in [7, 11) is 0. The van der Waals surface area contributed by atoms with E-state index < -0.39 is 11.6 Å². The van der Waals surface area contributed by atoms with Gasteiger partial charge in [-0.3, -0.25) is 4.79 Å². The zero-order valence-corrected chi connectivity index (χ0v) is 13.8. The van der Waals surface area contributed by atoms with Crippen LogP contribution in [-0.4, -0.2) is 41.8 Å². The molecule has 24 heavy (non-hydrogen) atoms. The van der Waals surface area contributed by atoms with Gasteiger partial charge in [0.05, 0.1) is 5.60 Å². The van der Waals surface area contributed by atoms with Gasteiger partial charge in [0.2, 0.25) is 5.91 Å². The van der Waals surface area contributed by atoms with Gasteiger partial charge in [-0.25, -0.2) is 4.79 Å². The highest BCUT2D eigenvalue weighted by atomic mass is 16.3. The fraction of sp³-hybridized carbons (Fsp3) is 0.556. The van der Waals surface area contributed by atoms with Crippen LogP contribution in [0.2, 0.25) is 0 Å². The summed E-state index contributed by atoms with van der Waals surface area (Å²) in [4.78, 5) is 26.2. The number of hydrogen-bond acceptors (Lipinski definition) is 3. The van der Waals surface area contributed by atoms with E-state index in [-0.39, 0.29) is 18.5 Å². The molecular weight excluding hydrogens is 306 g/mol. The molecule has 1 atom stereocenters. The molecule has 2 aliphatic rings. The maximum absolute atomic E-state index is 12.4. The molecule has 0 aromatic heterocycles. The number of rotatable bonds is 4. The van der Waals surface area contributed by atoms with Crippen molar-refractivity contribution in [2.24, 2.45) is 0 Å². The predicted octanol–water partition coefficient (Wildman–Crippen LogP) is 1.79. The minimum Gasteiger partial charge on any atom is -0.388 e. The summed E-state index contributed by atoms with van der Waals surface area (Å²) in [6, 6.07) is 8.57. The lowest BCUT2D eigenvalue weighted by atomic mass is 9.85. The van der Waals surface area contributed by atoms with E-state index in [1.54, 1.807) is 4.90 Å². The number of para-hydroxylation sites is 1. The molecule has 6 heteroatoms. The largest absolute Gasteiger partial charge is 0.388 e. The van der Waals surface area contributed by atoms with E-state index in [0.29, 0.717) is 13.0 Å². The molecule has 3 rings (SSSR count). The second-order valence-electron chi connectivity index (χ2n) is 6.78. The quantitative estimate of drug-likeness (QED) is 0.787. The lowest BCUT2D eigenvalue weighted by Crippen LogP contribution is -2.51. The molecule has 1 heterocycles. The molecule has 3 N–H and O–H groups in total. The maximum Gasteiger partial charge on any atom is 0.315 e. The standard InChI is InChI=1S/C18H25N3O3/c22-16-15(9-12-21(16)14-7-3-1-4-8-14)20-17(23)19-13-18(24)10-5-2-6-11-18/h1,3-4,7-8,15,24H,2,5-6,9-13H2,(H2,19,20,23). The average molecular weight is 331 g/mol. The fourth-order valence-electron chi connectivity index (χ4n) is 3.52. The number of nitrogens with zero attached hydrogens (tertiary/aromatic N) is 1. The number of urea groups is 1. The first-order valence-electron chi connectivity index (χ1n) is 8.71. The van der Waals surface area contributed by atoms with Crippen LogP contribution in [0.3, 0.4) is 0 Å². The predicted molar refractivity (Wildman–Crippen MR) is 91.8 cm³/mol. The molecule has 3 amide bonds. The highest BCUT2D eigenvalue weighted by Crippen LogP contribution is 2.27. The SMILES string of the molecule is O=C(NCC1(O)CCCCC1)NC1CCN(c2ccccc2)C1=O. The van der Waals surface area contributed by atoms with Crippen molar-refractivity contribution in [3.8, 4) is 0 Å². The normalized spacial score (nSPS) is 23.1. The van der Waals surface area contributed by atoms with Crippen LogP contribution < -0.4 is 15.5 Å². The first kappa shape index (κ1) is 16.8. The van der Waals surface area contributed by atoms with Crippen LogP contribution in [0.1, 0.15) is 38.5 Å². The minimum absolute atomic E-state index is 0.0901. The summed E-state index contributed by atoms with van der Waals surface area (Å²) in [5.74, 6) is -0.0901. The number of anilines is 1. The highest BCUT2D eigenvalue weighted by molar-refractivity contribution is 6.01. The molecule has 1 aliphatic carbocycles. The number of aliphatic hydroxyl groups is 1. The van der Waals surface area contributed by atoms with Crippen LogP contribution >= 0.6 is 0 Å². The number of nitrogens with one attached hydrogen (secondary N) is 2. The van der Waals surface area contributed by atoms with E-state index in [1.165, 1.54) is 0 Å². The smallest absolute Gasteiger partial charge is 0.315 e. The van der Waals surface area contributed by atoms with Gasteiger partial charge >= 0.3 is 6.03 Å². The van der Waals surface area contributed by atoms with E-state index >= 15 is 0 Å². The van der Waals surface area contributed by atoms with Crippen molar-refractivity contribution in [3.05, 3.63) is 30.3 Å². The van der Waals surface area contributed by atoms with Gasteiger partial charge in [0, 0.05) is 18.8 Å². The topological polar surface area (TPSA) is 81.7 Å². The highest BCUT2D eigenvalue weighted by Gasteiger charge is 2.34. The van der Waals surface area contributed by atoms with Gasteiger partial charge in [-0.2, -0.15) is 0 Å². The molecule has 1 aliphatic heterocycles. The number of amides is 3. The van der Waals surface area contributed by atoms with Crippen LogP contribution in [0.15, 0.2) is 30.3 Å². The van der Waals surface area contributed by atoms with Crippen LogP contribution in [-0.2, 0) is 4.79 Å². The molecule has 1 saturated heterocycles. The van der Waals surface area contributed by atoms with Crippen LogP contribution in [0.25, 0.3) is 0 Å². The summed E-state index contributed by atoms with van der Waals surface area (Å²) in [6.45, 7) is 0.833. The Kier molecular flexibility index (Phi) is 5.04. The van der Waals surface area contributed by atoms with Crippen molar-refractivity contribution >= 4 is 17.6 Å². The first-order valence-corrected chi connectivity index (χ1v) is 8.71. The molecule has 1 unspecified atom stereocenters. The van der Waals surface area contributed by atoms with E-state index in [2.05, 4.69) is 10.6 Å². The van der Waals surface area contributed by atoms with Crippen molar-refractivity contribution in [1.29, 1.82) is 0 Å². The molecule has 0 spiro atoms. The number of hydrogen-bond donors (Lipinski definition) is 3. The monoisotopic (exact) mass is 331 g/mol. The summed E-state index contributed by atoms with van der Waals surface area (Å²) in [6.07, 6.45) is 5.15. The average Bonchev–Trinajstić information content (AvgIpc) is 2.95. The van der Waals surface area contributed by atoms with Gasteiger partial charge in [-0.15, -0.1) is 0 Å².